The molecule has 0 aliphatic carbocycles. The zero-order chi connectivity index (χ0) is 20.6. The van der Waals surface area contributed by atoms with Gasteiger partial charge in [0.2, 0.25) is 5.91 Å². The van der Waals surface area contributed by atoms with E-state index in [-0.39, 0.29) is 17.7 Å². The highest BCUT2D eigenvalue weighted by molar-refractivity contribution is 8.08. The minimum absolute atomic E-state index is 0.253. The molecule has 0 aromatic heterocycles. The summed E-state index contributed by atoms with van der Waals surface area (Å²) in [6.07, 6.45) is 2.38. The Kier molecular flexibility index (Phi) is 7.55. The number of amides is 3. The maximum atomic E-state index is 13.0. The van der Waals surface area contributed by atoms with Gasteiger partial charge in [0.05, 0.1) is 9.81 Å². The minimum atomic E-state index is -0.330. The van der Waals surface area contributed by atoms with Crippen molar-refractivity contribution >= 4 is 41.2 Å². The Bertz CT molecular complexity index is 851. The van der Waals surface area contributed by atoms with Gasteiger partial charge in [-0.3, -0.25) is 19.3 Å². The molecule has 3 rings (SSSR count). The second-order valence-corrected chi connectivity index (χ2v) is 8.69. The monoisotopic (exact) mass is 426 g/mol. The van der Waals surface area contributed by atoms with Crippen LogP contribution in [-0.4, -0.2) is 29.2 Å². The molecule has 7 heteroatoms. The normalized spacial score (nSPS) is 14.0. The van der Waals surface area contributed by atoms with Gasteiger partial charge in [0.15, 0.2) is 0 Å². The molecule has 0 unspecified atom stereocenters. The quantitative estimate of drug-likeness (QED) is 0.455. The Hall–Kier alpha value is -2.51. The predicted molar refractivity (Wildman–Crippen MR) is 116 cm³/mol. The van der Waals surface area contributed by atoms with Crippen molar-refractivity contribution in [1.82, 2.24) is 4.90 Å². The van der Waals surface area contributed by atoms with Gasteiger partial charge in [0.1, 0.15) is 0 Å². The van der Waals surface area contributed by atoms with Gasteiger partial charge in [-0.1, -0.05) is 66.3 Å². The topological polar surface area (TPSA) is 80.5 Å². The summed E-state index contributed by atoms with van der Waals surface area (Å²) < 4.78 is 0. The van der Waals surface area contributed by atoms with Crippen molar-refractivity contribution in [3.63, 3.8) is 0 Å². The molecule has 2 aromatic rings. The molecule has 0 atom stereocenters. The largest absolute Gasteiger partial charge is 0.370 e. The SMILES string of the molecule is NC(=O)CCCCCN1C(=O)C(Sc2ccccc2)=C(Sc2ccccc2)C1=O. The number of rotatable bonds is 10. The zero-order valence-electron chi connectivity index (χ0n) is 15.9. The third-order valence-corrected chi connectivity index (χ3v) is 6.63. The van der Waals surface area contributed by atoms with Gasteiger partial charge in [-0.2, -0.15) is 0 Å². The Morgan fingerprint density at radius 3 is 1.69 bits per heavy atom. The van der Waals surface area contributed by atoms with Crippen LogP contribution in [0.25, 0.3) is 0 Å². The minimum Gasteiger partial charge on any atom is -0.370 e. The number of carbonyl (C=O) groups excluding carboxylic acids is 3. The number of imide groups is 1. The summed E-state index contributed by atoms with van der Waals surface area (Å²) >= 11 is 2.65. The van der Waals surface area contributed by atoms with E-state index in [2.05, 4.69) is 0 Å². The fraction of sp³-hybridized carbons (Fsp3) is 0.227. The van der Waals surface area contributed by atoms with Crippen LogP contribution in [0.4, 0.5) is 0 Å². The van der Waals surface area contributed by atoms with E-state index in [1.165, 1.54) is 28.4 Å². The first-order valence-electron chi connectivity index (χ1n) is 9.41. The number of carbonyl (C=O) groups is 3. The molecule has 0 spiro atoms. The van der Waals surface area contributed by atoms with Crippen molar-refractivity contribution in [3.8, 4) is 0 Å². The summed E-state index contributed by atoms with van der Waals surface area (Å²) in [5.41, 5.74) is 5.15. The van der Waals surface area contributed by atoms with Gasteiger partial charge < -0.3 is 5.73 Å². The lowest BCUT2D eigenvalue weighted by Gasteiger charge is -2.14. The van der Waals surface area contributed by atoms with Gasteiger partial charge >= 0.3 is 0 Å². The highest BCUT2D eigenvalue weighted by Crippen LogP contribution is 2.42. The van der Waals surface area contributed by atoms with Crippen molar-refractivity contribution in [1.29, 1.82) is 0 Å². The van der Waals surface area contributed by atoms with Crippen molar-refractivity contribution in [3.05, 3.63) is 70.5 Å². The van der Waals surface area contributed by atoms with Crippen LogP contribution in [-0.2, 0) is 14.4 Å². The average Bonchev–Trinajstić information content (AvgIpc) is 2.93. The van der Waals surface area contributed by atoms with E-state index in [1.54, 1.807) is 0 Å². The van der Waals surface area contributed by atoms with Crippen LogP contribution >= 0.6 is 23.5 Å². The molecule has 29 heavy (non-hydrogen) atoms. The highest BCUT2D eigenvalue weighted by Gasteiger charge is 2.38. The number of nitrogens with two attached hydrogens (primary N) is 1. The van der Waals surface area contributed by atoms with E-state index in [0.29, 0.717) is 35.6 Å². The average molecular weight is 427 g/mol. The first-order valence-corrected chi connectivity index (χ1v) is 11.0. The van der Waals surface area contributed by atoms with Gasteiger partial charge in [0, 0.05) is 22.8 Å². The standard InChI is InChI=1S/C22H22N2O3S2/c23-18(25)14-8-3-9-15-24-21(26)19(28-16-10-4-1-5-11-16)20(22(24)27)29-17-12-6-2-7-13-17/h1-2,4-7,10-13H,3,8-9,14-15H2,(H2,23,25). The Morgan fingerprint density at radius 2 is 1.24 bits per heavy atom. The number of thioether (sulfide) groups is 2. The molecule has 5 nitrogen and oxygen atoms in total. The molecule has 1 heterocycles. The van der Waals surface area contributed by atoms with Gasteiger partial charge in [-0.05, 0) is 37.1 Å². The summed E-state index contributed by atoms with van der Waals surface area (Å²) in [6.45, 7) is 0.341. The number of benzene rings is 2. The second kappa shape index (κ2) is 10.3. The lowest BCUT2D eigenvalue weighted by Crippen LogP contribution is -2.32. The molecule has 0 saturated heterocycles. The van der Waals surface area contributed by atoms with Crippen molar-refractivity contribution in [2.75, 3.05) is 6.54 Å². The lowest BCUT2D eigenvalue weighted by molar-refractivity contribution is -0.137. The van der Waals surface area contributed by atoms with Crippen LogP contribution in [0.3, 0.4) is 0 Å². The van der Waals surface area contributed by atoms with Gasteiger partial charge in [-0.15, -0.1) is 0 Å². The summed E-state index contributed by atoms with van der Waals surface area (Å²) in [5, 5.41) is 0. The van der Waals surface area contributed by atoms with Crippen LogP contribution in [0.1, 0.15) is 25.7 Å². The van der Waals surface area contributed by atoms with Crippen LogP contribution in [0.2, 0.25) is 0 Å². The maximum Gasteiger partial charge on any atom is 0.268 e. The summed E-state index contributed by atoms with van der Waals surface area (Å²) in [6, 6.07) is 19.2. The number of hydrogen-bond donors (Lipinski definition) is 1. The van der Waals surface area contributed by atoms with E-state index in [4.69, 9.17) is 5.73 Å². The van der Waals surface area contributed by atoms with Crippen LogP contribution in [0.15, 0.2) is 80.3 Å². The third kappa shape index (κ3) is 5.74. The van der Waals surface area contributed by atoms with Crippen molar-refractivity contribution in [2.45, 2.75) is 35.5 Å². The molecule has 1 aliphatic rings. The summed E-state index contributed by atoms with van der Waals surface area (Å²) in [7, 11) is 0. The zero-order valence-corrected chi connectivity index (χ0v) is 17.5. The summed E-state index contributed by atoms with van der Waals surface area (Å²) in [4.78, 5) is 41.0. The number of hydrogen-bond acceptors (Lipinski definition) is 5. The van der Waals surface area contributed by atoms with Gasteiger partial charge in [0.25, 0.3) is 11.8 Å². The van der Waals surface area contributed by atoms with Crippen LogP contribution < -0.4 is 5.73 Å². The Morgan fingerprint density at radius 1 is 0.759 bits per heavy atom. The molecule has 150 valence electrons. The van der Waals surface area contributed by atoms with E-state index >= 15 is 0 Å². The number of unbranched alkanes of at least 4 members (excludes halogenated alkanes) is 2. The molecule has 2 aromatic carbocycles. The molecule has 3 amide bonds. The lowest BCUT2D eigenvalue weighted by atomic mass is 10.2. The smallest absolute Gasteiger partial charge is 0.268 e. The molecule has 0 bridgehead atoms. The second-order valence-electron chi connectivity index (χ2n) is 6.53. The Labute approximate surface area is 178 Å². The Balaban J connectivity index is 1.75. The molecule has 0 fully saturated rings. The highest BCUT2D eigenvalue weighted by atomic mass is 32.2. The number of nitrogens with zero attached hydrogens (tertiary/aromatic N) is 1. The van der Waals surface area contributed by atoms with E-state index < -0.39 is 0 Å². The van der Waals surface area contributed by atoms with Crippen molar-refractivity contribution < 1.29 is 14.4 Å². The predicted octanol–water partition coefficient (Wildman–Crippen LogP) is 4.20. The van der Waals surface area contributed by atoms with Crippen molar-refractivity contribution in [2.24, 2.45) is 5.73 Å². The first kappa shape index (κ1) is 21.2. The maximum absolute atomic E-state index is 13.0. The van der Waals surface area contributed by atoms with E-state index in [0.717, 1.165) is 16.2 Å². The molecular formula is C22H22N2O3S2. The molecule has 1 aliphatic heterocycles. The molecular weight excluding hydrogens is 404 g/mol. The molecule has 2 N–H and O–H groups in total. The fourth-order valence-corrected chi connectivity index (χ4v) is 4.94. The van der Waals surface area contributed by atoms with Crippen LogP contribution in [0, 0.1) is 0 Å². The fourth-order valence-electron chi connectivity index (χ4n) is 2.87. The third-order valence-electron chi connectivity index (χ3n) is 4.32. The first-order chi connectivity index (χ1) is 14.1. The van der Waals surface area contributed by atoms with Gasteiger partial charge in [-0.25, -0.2) is 0 Å². The molecule has 0 saturated carbocycles. The van der Waals surface area contributed by atoms with Crippen LogP contribution in [0.5, 0.6) is 0 Å². The summed E-state index contributed by atoms with van der Waals surface area (Å²) in [5.74, 6) is -0.836. The van der Waals surface area contributed by atoms with E-state index in [9.17, 15) is 14.4 Å². The van der Waals surface area contributed by atoms with E-state index in [1.807, 2.05) is 60.7 Å². The number of primary amides is 1. The molecule has 0 radical (unpaired) electrons.